The number of benzene rings is 1. The molecule has 0 aliphatic carbocycles. The van der Waals surface area contributed by atoms with Crippen LogP contribution >= 0.6 is 0 Å². The molecule has 0 saturated carbocycles. The number of ether oxygens (including phenoxy) is 1. The number of imide groups is 1. The molecule has 0 N–H and O–H groups in total. The van der Waals surface area contributed by atoms with E-state index in [1.807, 2.05) is 13.8 Å². The van der Waals surface area contributed by atoms with Crippen LogP contribution in [-0.4, -0.2) is 50.4 Å². The van der Waals surface area contributed by atoms with E-state index >= 15 is 0 Å². The third kappa shape index (κ3) is 3.88. The highest BCUT2D eigenvalue weighted by Crippen LogP contribution is 2.33. The Hall–Kier alpha value is -3.95. The lowest BCUT2D eigenvalue weighted by Gasteiger charge is -2.27. The maximum absolute atomic E-state index is 13.3. The zero-order chi connectivity index (χ0) is 23.9. The number of carbonyl (C=O) groups is 3. The van der Waals surface area contributed by atoms with Crippen molar-refractivity contribution >= 4 is 23.6 Å². The van der Waals surface area contributed by atoms with Gasteiger partial charge in [0.1, 0.15) is 11.3 Å². The smallest absolute Gasteiger partial charge is 0.337 e. The number of methoxy groups -OCH3 is 1. The van der Waals surface area contributed by atoms with E-state index in [9.17, 15) is 14.4 Å². The predicted octanol–water partition coefficient (Wildman–Crippen LogP) is 3.07. The van der Waals surface area contributed by atoms with Crippen LogP contribution in [0.15, 0.2) is 41.2 Å². The molecule has 0 radical (unpaired) electrons. The van der Waals surface area contributed by atoms with Crippen LogP contribution in [0.5, 0.6) is 0 Å². The Labute approximate surface area is 190 Å². The molecule has 2 aromatic heterocycles. The Morgan fingerprint density at radius 2 is 1.94 bits per heavy atom. The molecule has 3 heterocycles. The number of carbonyl (C=O) groups excluding carboxylic acids is 3. The molecule has 3 amide bonds. The average Bonchev–Trinajstić information content (AvgIpc) is 3.42. The van der Waals surface area contributed by atoms with Crippen LogP contribution in [0.2, 0.25) is 0 Å². The van der Waals surface area contributed by atoms with Crippen molar-refractivity contribution in [1.29, 1.82) is 0 Å². The van der Waals surface area contributed by atoms with E-state index in [0.717, 1.165) is 16.2 Å². The minimum absolute atomic E-state index is 0.159. The first-order valence-electron chi connectivity index (χ1n) is 10.4. The van der Waals surface area contributed by atoms with Crippen LogP contribution in [0, 0.1) is 13.8 Å². The van der Waals surface area contributed by atoms with Gasteiger partial charge in [-0.3, -0.25) is 9.48 Å². The zero-order valence-corrected chi connectivity index (χ0v) is 19.2. The zero-order valence-electron chi connectivity index (χ0n) is 19.2. The molecule has 0 bridgehead atoms. The summed E-state index contributed by atoms with van der Waals surface area (Å²) in [7, 11) is 1.31. The molecule has 1 aliphatic rings. The third-order valence-corrected chi connectivity index (χ3v) is 5.89. The summed E-state index contributed by atoms with van der Waals surface area (Å²) in [6, 6.07) is 6.35. The molecule has 0 atom stereocenters. The molecular weight excluding hydrogens is 426 g/mol. The molecule has 1 aliphatic heterocycles. The number of urea groups is 1. The third-order valence-electron chi connectivity index (χ3n) is 5.89. The number of hydrogen-bond donors (Lipinski definition) is 0. The van der Waals surface area contributed by atoms with Gasteiger partial charge in [-0.05, 0) is 45.4 Å². The summed E-state index contributed by atoms with van der Waals surface area (Å²) in [6.07, 6.45) is 3.14. The van der Waals surface area contributed by atoms with E-state index in [2.05, 4.69) is 10.3 Å². The molecular formula is C23H25N5O5. The van der Waals surface area contributed by atoms with Crippen LogP contribution in [0.25, 0.3) is 0 Å². The molecule has 3 aromatic rings. The van der Waals surface area contributed by atoms with E-state index in [-0.39, 0.29) is 12.5 Å². The second-order valence-corrected chi connectivity index (χ2v) is 8.46. The van der Waals surface area contributed by atoms with Gasteiger partial charge in [0.2, 0.25) is 0 Å². The van der Waals surface area contributed by atoms with Gasteiger partial charge in [-0.15, -0.1) is 0 Å². The van der Waals surface area contributed by atoms with Crippen molar-refractivity contribution in [2.24, 2.45) is 0 Å². The van der Waals surface area contributed by atoms with Gasteiger partial charge in [0.25, 0.3) is 5.91 Å². The number of rotatable bonds is 6. The first kappa shape index (κ1) is 22.3. The topological polar surface area (TPSA) is 111 Å². The van der Waals surface area contributed by atoms with Gasteiger partial charge in [-0.1, -0.05) is 17.3 Å². The van der Waals surface area contributed by atoms with Crippen molar-refractivity contribution in [2.75, 3.05) is 12.0 Å². The monoisotopic (exact) mass is 451 g/mol. The van der Waals surface area contributed by atoms with Crippen LogP contribution in [0.4, 0.5) is 10.5 Å². The average molecular weight is 451 g/mol. The van der Waals surface area contributed by atoms with Crippen molar-refractivity contribution < 1.29 is 23.6 Å². The first-order chi connectivity index (χ1) is 15.6. The van der Waals surface area contributed by atoms with Gasteiger partial charge in [-0.2, -0.15) is 5.10 Å². The van der Waals surface area contributed by atoms with Crippen LogP contribution in [0.3, 0.4) is 0 Å². The summed E-state index contributed by atoms with van der Waals surface area (Å²) in [6.45, 7) is 7.64. The van der Waals surface area contributed by atoms with Crippen LogP contribution in [-0.2, 0) is 22.6 Å². The standard InChI is InChI=1S/C23H25N5O5/c1-14-19(15(2)33-25-14)13-26-12-18(10-24-26)28-21(30)23(3,4)27(22(28)31)11-16-7-6-8-17(9-16)20(29)32-5/h6-10,12H,11,13H2,1-5H3. The highest BCUT2D eigenvalue weighted by molar-refractivity contribution is 6.22. The summed E-state index contributed by atoms with van der Waals surface area (Å²) < 4.78 is 11.6. The Morgan fingerprint density at radius 3 is 2.61 bits per heavy atom. The number of aromatic nitrogens is 3. The number of aryl methyl sites for hydroxylation is 2. The fraction of sp³-hybridized carbons (Fsp3) is 0.348. The normalized spacial score (nSPS) is 15.4. The largest absolute Gasteiger partial charge is 0.465 e. The van der Waals surface area contributed by atoms with Gasteiger partial charge >= 0.3 is 12.0 Å². The van der Waals surface area contributed by atoms with Gasteiger partial charge in [0, 0.05) is 18.3 Å². The van der Waals surface area contributed by atoms with Crippen molar-refractivity contribution in [3.05, 3.63) is 64.8 Å². The summed E-state index contributed by atoms with van der Waals surface area (Å²) in [5.41, 5.74) is 2.06. The maximum atomic E-state index is 13.3. The minimum Gasteiger partial charge on any atom is -0.465 e. The SMILES string of the molecule is COC(=O)c1cccc(CN2C(=O)N(c3cnn(Cc4c(C)noc4C)c3)C(=O)C2(C)C)c1. The molecule has 1 fully saturated rings. The van der Waals surface area contributed by atoms with Crippen molar-refractivity contribution in [2.45, 2.75) is 46.3 Å². The molecule has 0 unspecified atom stereocenters. The maximum Gasteiger partial charge on any atom is 0.337 e. The number of esters is 1. The molecule has 4 rings (SSSR count). The number of nitrogens with zero attached hydrogens (tertiary/aromatic N) is 5. The highest BCUT2D eigenvalue weighted by atomic mass is 16.5. The van der Waals surface area contributed by atoms with Crippen LogP contribution < -0.4 is 4.90 Å². The van der Waals surface area contributed by atoms with E-state index in [4.69, 9.17) is 9.26 Å². The lowest BCUT2D eigenvalue weighted by atomic mass is 10.0. The van der Waals surface area contributed by atoms with Gasteiger partial charge in [0.05, 0.1) is 36.8 Å². The van der Waals surface area contributed by atoms with E-state index < -0.39 is 17.5 Å². The van der Waals surface area contributed by atoms with Gasteiger partial charge in [0.15, 0.2) is 0 Å². The molecule has 10 nitrogen and oxygen atoms in total. The first-order valence-corrected chi connectivity index (χ1v) is 10.4. The second kappa shape index (κ2) is 8.19. The van der Waals surface area contributed by atoms with Crippen LogP contribution in [0.1, 0.15) is 46.8 Å². The summed E-state index contributed by atoms with van der Waals surface area (Å²) >= 11 is 0. The Bertz CT molecular complexity index is 1220. The molecule has 10 heteroatoms. The number of hydrogen-bond acceptors (Lipinski definition) is 7. The van der Waals surface area contributed by atoms with Gasteiger partial charge in [-0.25, -0.2) is 14.5 Å². The lowest BCUT2D eigenvalue weighted by Crippen LogP contribution is -2.43. The lowest BCUT2D eigenvalue weighted by molar-refractivity contribution is -0.123. The van der Waals surface area contributed by atoms with E-state index in [1.165, 1.54) is 18.2 Å². The Kier molecular flexibility index (Phi) is 5.52. The van der Waals surface area contributed by atoms with E-state index in [0.29, 0.717) is 29.1 Å². The van der Waals surface area contributed by atoms with Crippen molar-refractivity contribution in [1.82, 2.24) is 19.8 Å². The molecule has 0 spiro atoms. The summed E-state index contributed by atoms with van der Waals surface area (Å²) in [5, 5.41) is 8.26. The Balaban J connectivity index is 1.58. The molecule has 1 aromatic carbocycles. The van der Waals surface area contributed by atoms with Crippen molar-refractivity contribution in [3.63, 3.8) is 0 Å². The summed E-state index contributed by atoms with van der Waals surface area (Å²) in [5.74, 6) is -0.125. The minimum atomic E-state index is -1.08. The Morgan fingerprint density at radius 1 is 1.18 bits per heavy atom. The molecule has 1 saturated heterocycles. The number of amides is 3. The molecule has 172 valence electrons. The fourth-order valence-electron chi connectivity index (χ4n) is 3.87. The highest BCUT2D eigenvalue weighted by Gasteiger charge is 2.52. The van der Waals surface area contributed by atoms with Gasteiger partial charge < -0.3 is 14.2 Å². The quantitative estimate of drug-likeness (QED) is 0.418. The fourth-order valence-corrected chi connectivity index (χ4v) is 3.87. The second-order valence-electron chi connectivity index (χ2n) is 8.46. The van der Waals surface area contributed by atoms with Crippen molar-refractivity contribution in [3.8, 4) is 0 Å². The summed E-state index contributed by atoms with van der Waals surface area (Å²) in [4.78, 5) is 41.0. The molecule has 33 heavy (non-hydrogen) atoms. The predicted molar refractivity (Wildman–Crippen MR) is 118 cm³/mol. The number of anilines is 1. The van der Waals surface area contributed by atoms with E-state index in [1.54, 1.807) is 49.0 Å².